The van der Waals surface area contributed by atoms with E-state index in [4.69, 9.17) is 14.2 Å². The SMILES string of the molecule is CCOC(=O)c1[nH]c2c(c1OC)c(=O)n(Cc1ccc(OC)cc1)c1ccccc21. The van der Waals surface area contributed by atoms with Gasteiger partial charge in [0.25, 0.3) is 5.56 Å². The summed E-state index contributed by atoms with van der Waals surface area (Å²) < 4.78 is 17.5. The van der Waals surface area contributed by atoms with Gasteiger partial charge in [-0.05, 0) is 30.7 Å². The molecule has 0 radical (unpaired) electrons. The van der Waals surface area contributed by atoms with Crippen LogP contribution in [-0.4, -0.2) is 36.3 Å². The molecule has 154 valence electrons. The van der Waals surface area contributed by atoms with Gasteiger partial charge in [0.1, 0.15) is 11.1 Å². The van der Waals surface area contributed by atoms with Crippen molar-refractivity contribution in [3.8, 4) is 11.5 Å². The average molecular weight is 406 g/mol. The summed E-state index contributed by atoms with van der Waals surface area (Å²) in [6.45, 7) is 2.31. The number of para-hydroxylation sites is 1. The molecule has 0 atom stereocenters. The highest BCUT2D eigenvalue weighted by molar-refractivity contribution is 6.10. The van der Waals surface area contributed by atoms with Crippen LogP contribution in [0.1, 0.15) is 23.0 Å². The van der Waals surface area contributed by atoms with E-state index in [2.05, 4.69) is 4.98 Å². The zero-order valence-electron chi connectivity index (χ0n) is 17.0. The summed E-state index contributed by atoms with van der Waals surface area (Å²) in [6.07, 6.45) is 0. The molecule has 0 fully saturated rings. The van der Waals surface area contributed by atoms with Gasteiger partial charge in [-0.15, -0.1) is 0 Å². The summed E-state index contributed by atoms with van der Waals surface area (Å²) in [5.41, 5.74) is 2.15. The molecule has 0 saturated carbocycles. The number of carbonyl (C=O) groups is 1. The number of rotatable bonds is 6. The van der Waals surface area contributed by atoms with Crippen molar-refractivity contribution in [3.63, 3.8) is 0 Å². The summed E-state index contributed by atoms with van der Waals surface area (Å²) in [4.78, 5) is 29.0. The monoisotopic (exact) mass is 406 g/mol. The van der Waals surface area contributed by atoms with Gasteiger partial charge in [-0.3, -0.25) is 4.79 Å². The standard InChI is InChI=1S/C23H22N2O5/c1-4-30-23(27)20-21(29-3)18-19(24-20)16-7-5-6-8-17(16)25(22(18)26)13-14-9-11-15(28-2)12-10-14/h5-12,24H,4,13H2,1-3H3. The van der Waals surface area contributed by atoms with Crippen molar-refractivity contribution in [1.29, 1.82) is 0 Å². The molecule has 30 heavy (non-hydrogen) atoms. The molecule has 7 heteroatoms. The lowest BCUT2D eigenvalue weighted by Crippen LogP contribution is -2.21. The van der Waals surface area contributed by atoms with Crippen LogP contribution in [0.5, 0.6) is 11.5 Å². The lowest BCUT2D eigenvalue weighted by Gasteiger charge is -2.12. The number of aromatic nitrogens is 2. The van der Waals surface area contributed by atoms with Gasteiger partial charge < -0.3 is 23.8 Å². The first kappa shape index (κ1) is 19.6. The molecule has 0 aliphatic rings. The molecule has 0 aliphatic heterocycles. The van der Waals surface area contributed by atoms with Crippen molar-refractivity contribution < 1.29 is 19.0 Å². The number of fused-ring (bicyclic) bond motifs is 3. The van der Waals surface area contributed by atoms with Gasteiger partial charge in [-0.25, -0.2) is 4.79 Å². The molecule has 0 amide bonds. The number of ether oxygens (including phenoxy) is 3. The summed E-state index contributed by atoms with van der Waals surface area (Å²) in [5, 5.41) is 1.14. The normalized spacial score (nSPS) is 11.0. The zero-order valence-corrected chi connectivity index (χ0v) is 17.0. The van der Waals surface area contributed by atoms with E-state index < -0.39 is 5.97 Å². The Morgan fingerprint density at radius 2 is 1.77 bits per heavy atom. The van der Waals surface area contributed by atoms with E-state index >= 15 is 0 Å². The highest BCUT2D eigenvalue weighted by Crippen LogP contribution is 2.32. The second-order valence-electron chi connectivity index (χ2n) is 6.76. The number of carbonyl (C=O) groups excluding carboxylic acids is 1. The van der Waals surface area contributed by atoms with Gasteiger partial charge >= 0.3 is 5.97 Å². The number of H-pyrrole nitrogens is 1. The molecular weight excluding hydrogens is 384 g/mol. The van der Waals surface area contributed by atoms with Crippen LogP contribution in [0.4, 0.5) is 0 Å². The number of benzene rings is 2. The minimum Gasteiger partial charge on any atom is -0.497 e. The molecule has 4 rings (SSSR count). The number of esters is 1. The Morgan fingerprint density at radius 3 is 2.43 bits per heavy atom. The van der Waals surface area contributed by atoms with Crippen LogP contribution in [0.2, 0.25) is 0 Å². The van der Waals surface area contributed by atoms with Crippen molar-refractivity contribution in [2.45, 2.75) is 13.5 Å². The molecule has 0 unspecified atom stereocenters. The smallest absolute Gasteiger partial charge is 0.358 e. The van der Waals surface area contributed by atoms with Crippen molar-refractivity contribution in [3.05, 3.63) is 70.1 Å². The number of hydrogen-bond acceptors (Lipinski definition) is 5. The predicted molar refractivity (Wildman–Crippen MR) is 115 cm³/mol. The Kier molecular flexibility index (Phi) is 5.18. The van der Waals surface area contributed by atoms with Crippen molar-refractivity contribution in [1.82, 2.24) is 9.55 Å². The van der Waals surface area contributed by atoms with Gasteiger partial charge in [-0.1, -0.05) is 30.3 Å². The highest BCUT2D eigenvalue weighted by atomic mass is 16.5. The third kappa shape index (κ3) is 3.18. The third-order valence-electron chi connectivity index (χ3n) is 5.06. The van der Waals surface area contributed by atoms with Gasteiger partial charge in [0.05, 0.1) is 38.4 Å². The number of methoxy groups -OCH3 is 2. The maximum atomic E-state index is 13.5. The van der Waals surface area contributed by atoms with Crippen LogP contribution < -0.4 is 15.0 Å². The molecule has 7 nitrogen and oxygen atoms in total. The Hall–Kier alpha value is -3.74. The Balaban J connectivity index is 1.98. The fraction of sp³-hybridized carbons (Fsp3) is 0.217. The third-order valence-corrected chi connectivity index (χ3v) is 5.06. The van der Waals surface area contributed by atoms with Crippen molar-refractivity contribution in [2.75, 3.05) is 20.8 Å². The van der Waals surface area contributed by atoms with E-state index in [-0.39, 0.29) is 23.6 Å². The number of pyridine rings is 1. The van der Waals surface area contributed by atoms with E-state index in [1.165, 1.54) is 7.11 Å². The van der Waals surface area contributed by atoms with Crippen LogP contribution in [0.3, 0.4) is 0 Å². The summed E-state index contributed by atoms with van der Waals surface area (Å²) in [5.74, 6) is 0.385. The predicted octanol–water partition coefficient (Wildman–Crippen LogP) is 3.73. The first-order valence-electron chi connectivity index (χ1n) is 9.60. The quantitative estimate of drug-likeness (QED) is 0.494. The van der Waals surface area contributed by atoms with Crippen molar-refractivity contribution in [2.24, 2.45) is 0 Å². The average Bonchev–Trinajstić information content (AvgIpc) is 3.17. The molecule has 2 heterocycles. The summed E-state index contributed by atoms with van der Waals surface area (Å²) in [6, 6.07) is 15.1. The van der Waals surface area contributed by atoms with Crippen LogP contribution >= 0.6 is 0 Å². The fourth-order valence-corrected chi connectivity index (χ4v) is 3.68. The molecule has 0 spiro atoms. The van der Waals surface area contributed by atoms with Gasteiger partial charge in [0, 0.05) is 5.39 Å². The van der Waals surface area contributed by atoms with Gasteiger partial charge in [-0.2, -0.15) is 0 Å². The number of nitrogens with zero attached hydrogens (tertiary/aromatic N) is 1. The summed E-state index contributed by atoms with van der Waals surface area (Å²) >= 11 is 0. The Labute approximate surface area is 172 Å². The molecule has 0 aliphatic carbocycles. The number of aromatic amines is 1. The summed E-state index contributed by atoms with van der Waals surface area (Å²) in [7, 11) is 3.05. The molecule has 0 saturated heterocycles. The highest BCUT2D eigenvalue weighted by Gasteiger charge is 2.25. The van der Waals surface area contributed by atoms with Crippen LogP contribution in [-0.2, 0) is 11.3 Å². The van der Waals surface area contributed by atoms with E-state index in [0.29, 0.717) is 17.4 Å². The van der Waals surface area contributed by atoms with E-state index in [1.807, 2.05) is 48.5 Å². The molecule has 2 aromatic carbocycles. The van der Waals surface area contributed by atoms with E-state index in [0.717, 1.165) is 22.2 Å². The molecule has 0 bridgehead atoms. The lowest BCUT2D eigenvalue weighted by atomic mass is 10.1. The van der Waals surface area contributed by atoms with Crippen LogP contribution in [0, 0.1) is 0 Å². The van der Waals surface area contributed by atoms with Gasteiger partial charge in [0.2, 0.25) is 0 Å². The maximum absolute atomic E-state index is 13.5. The molecule has 4 aromatic rings. The van der Waals surface area contributed by atoms with Crippen LogP contribution in [0.15, 0.2) is 53.3 Å². The lowest BCUT2D eigenvalue weighted by molar-refractivity contribution is 0.0517. The van der Waals surface area contributed by atoms with Crippen LogP contribution in [0.25, 0.3) is 21.8 Å². The van der Waals surface area contributed by atoms with E-state index in [1.54, 1.807) is 18.6 Å². The second kappa shape index (κ2) is 7.94. The number of hydrogen-bond donors (Lipinski definition) is 1. The zero-order chi connectivity index (χ0) is 21.3. The molecular formula is C23H22N2O5. The minimum atomic E-state index is -0.560. The number of nitrogens with one attached hydrogen (secondary N) is 1. The fourth-order valence-electron chi connectivity index (χ4n) is 3.68. The van der Waals surface area contributed by atoms with Gasteiger partial charge in [0.15, 0.2) is 11.4 Å². The first-order valence-corrected chi connectivity index (χ1v) is 9.60. The Bertz CT molecular complexity index is 1290. The second-order valence-corrected chi connectivity index (χ2v) is 6.76. The molecule has 1 N–H and O–H groups in total. The minimum absolute atomic E-state index is 0.138. The maximum Gasteiger partial charge on any atom is 0.358 e. The van der Waals surface area contributed by atoms with E-state index in [9.17, 15) is 9.59 Å². The topological polar surface area (TPSA) is 82.6 Å². The Morgan fingerprint density at radius 1 is 1.03 bits per heavy atom. The van der Waals surface area contributed by atoms with Crippen molar-refractivity contribution >= 4 is 27.8 Å². The first-order chi connectivity index (χ1) is 14.6. The largest absolute Gasteiger partial charge is 0.497 e. The molecule has 2 aromatic heterocycles.